The van der Waals surface area contributed by atoms with Crippen molar-refractivity contribution in [1.82, 2.24) is 10.2 Å². The minimum Gasteiger partial charge on any atom is -0.352 e. The number of hydrogen-bond donors (Lipinski definition) is 1. The van der Waals surface area contributed by atoms with E-state index in [4.69, 9.17) is 0 Å². The van der Waals surface area contributed by atoms with Crippen molar-refractivity contribution in [1.29, 1.82) is 0 Å². The largest absolute Gasteiger partial charge is 0.352 e. The zero-order valence-electron chi connectivity index (χ0n) is 17.8. The van der Waals surface area contributed by atoms with Crippen molar-refractivity contribution in [3.05, 3.63) is 70.8 Å². The van der Waals surface area contributed by atoms with Crippen LogP contribution in [0.3, 0.4) is 0 Å². The first kappa shape index (κ1) is 21.1. The van der Waals surface area contributed by atoms with Crippen LogP contribution in [-0.4, -0.2) is 29.8 Å². The predicted octanol–water partition coefficient (Wildman–Crippen LogP) is 4.47. The molecule has 0 aromatic heterocycles. The Kier molecular flexibility index (Phi) is 6.73. The quantitative estimate of drug-likeness (QED) is 0.788. The van der Waals surface area contributed by atoms with E-state index in [2.05, 4.69) is 50.4 Å². The minimum atomic E-state index is 0.0289. The molecule has 4 heteroatoms. The summed E-state index contributed by atoms with van der Waals surface area (Å²) in [6.07, 6.45) is 3.35. The Morgan fingerprint density at radius 3 is 2.31 bits per heavy atom. The van der Waals surface area contributed by atoms with E-state index in [0.29, 0.717) is 18.5 Å². The van der Waals surface area contributed by atoms with Gasteiger partial charge in [-0.1, -0.05) is 57.2 Å². The van der Waals surface area contributed by atoms with Crippen molar-refractivity contribution in [3.8, 4) is 0 Å². The van der Waals surface area contributed by atoms with Crippen LogP contribution >= 0.6 is 0 Å². The number of rotatable bonds is 6. The average molecular weight is 393 g/mol. The van der Waals surface area contributed by atoms with Gasteiger partial charge in [0.1, 0.15) is 0 Å². The van der Waals surface area contributed by atoms with Gasteiger partial charge in [-0.05, 0) is 53.5 Å². The lowest BCUT2D eigenvalue weighted by Gasteiger charge is -2.19. The van der Waals surface area contributed by atoms with Gasteiger partial charge < -0.3 is 10.2 Å². The summed E-state index contributed by atoms with van der Waals surface area (Å²) in [5.74, 6) is 0.121. The molecule has 0 radical (unpaired) electrons. The third-order valence-electron chi connectivity index (χ3n) is 5.52. The summed E-state index contributed by atoms with van der Waals surface area (Å²) in [5.41, 5.74) is 4.27. The molecule has 0 atom stereocenters. The molecule has 1 N–H and O–H groups in total. The molecule has 2 amide bonds. The van der Waals surface area contributed by atoms with Gasteiger partial charge in [-0.15, -0.1) is 0 Å². The van der Waals surface area contributed by atoms with Crippen LogP contribution in [0.15, 0.2) is 48.5 Å². The lowest BCUT2D eigenvalue weighted by molar-refractivity contribution is -0.121. The van der Waals surface area contributed by atoms with E-state index in [-0.39, 0.29) is 17.2 Å². The topological polar surface area (TPSA) is 49.4 Å². The average Bonchev–Trinajstić information content (AvgIpc) is 3.25. The van der Waals surface area contributed by atoms with Gasteiger partial charge in [0.25, 0.3) is 5.91 Å². The zero-order chi connectivity index (χ0) is 20.9. The maximum atomic E-state index is 12.5. The molecule has 2 aromatic rings. The minimum absolute atomic E-state index is 0.0289. The summed E-state index contributed by atoms with van der Waals surface area (Å²) in [7, 11) is 0. The molecule has 154 valence electrons. The van der Waals surface area contributed by atoms with Crippen molar-refractivity contribution in [2.75, 3.05) is 13.1 Å². The third kappa shape index (κ3) is 5.93. The van der Waals surface area contributed by atoms with Gasteiger partial charge in [-0.2, -0.15) is 0 Å². The molecule has 0 spiro atoms. The smallest absolute Gasteiger partial charge is 0.253 e. The number of carbonyl (C=O) groups is 2. The Morgan fingerprint density at radius 2 is 1.66 bits per heavy atom. The number of nitrogens with zero attached hydrogens (tertiary/aromatic N) is 1. The molecule has 1 heterocycles. The number of carbonyl (C=O) groups excluding carboxylic acids is 2. The maximum absolute atomic E-state index is 12.5. The van der Waals surface area contributed by atoms with Crippen LogP contribution in [-0.2, 0) is 23.2 Å². The summed E-state index contributed by atoms with van der Waals surface area (Å²) in [5, 5.41) is 2.98. The predicted molar refractivity (Wildman–Crippen MR) is 117 cm³/mol. The monoisotopic (exact) mass is 392 g/mol. The van der Waals surface area contributed by atoms with Crippen molar-refractivity contribution in [2.45, 2.75) is 58.4 Å². The highest BCUT2D eigenvalue weighted by Crippen LogP contribution is 2.22. The number of hydrogen-bond acceptors (Lipinski definition) is 2. The third-order valence-corrected chi connectivity index (χ3v) is 5.52. The molecular formula is C25H32N2O2. The molecule has 1 aliphatic rings. The Morgan fingerprint density at radius 1 is 0.966 bits per heavy atom. The zero-order valence-corrected chi connectivity index (χ0v) is 17.8. The lowest BCUT2D eigenvalue weighted by atomic mass is 9.86. The Labute approximate surface area is 174 Å². The Bertz CT molecular complexity index is 844. The van der Waals surface area contributed by atoms with Crippen molar-refractivity contribution in [3.63, 3.8) is 0 Å². The summed E-state index contributed by atoms with van der Waals surface area (Å²) >= 11 is 0. The van der Waals surface area contributed by atoms with Gasteiger partial charge in [0.2, 0.25) is 5.91 Å². The van der Waals surface area contributed by atoms with Gasteiger partial charge in [0.05, 0.1) is 0 Å². The molecule has 0 unspecified atom stereocenters. The molecule has 0 saturated carbocycles. The van der Waals surface area contributed by atoms with Crippen LogP contribution in [0.4, 0.5) is 0 Å². The van der Waals surface area contributed by atoms with Crippen molar-refractivity contribution < 1.29 is 9.59 Å². The fourth-order valence-corrected chi connectivity index (χ4v) is 3.64. The fourth-order valence-electron chi connectivity index (χ4n) is 3.64. The van der Waals surface area contributed by atoms with E-state index in [1.807, 2.05) is 29.2 Å². The van der Waals surface area contributed by atoms with E-state index < -0.39 is 0 Å². The van der Waals surface area contributed by atoms with Crippen LogP contribution in [0.2, 0.25) is 0 Å². The molecule has 3 rings (SSSR count). The van der Waals surface area contributed by atoms with Gasteiger partial charge in [0.15, 0.2) is 0 Å². The molecule has 1 aliphatic heterocycles. The first-order valence-electron chi connectivity index (χ1n) is 10.6. The number of benzene rings is 2. The highest BCUT2D eigenvalue weighted by atomic mass is 16.2. The van der Waals surface area contributed by atoms with Crippen LogP contribution in [0.25, 0.3) is 0 Å². The Hall–Kier alpha value is -2.62. The molecule has 0 aliphatic carbocycles. The molecule has 1 saturated heterocycles. The van der Waals surface area contributed by atoms with Crippen molar-refractivity contribution >= 4 is 11.8 Å². The molecule has 4 nitrogen and oxygen atoms in total. The van der Waals surface area contributed by atoms with Crippen LogP contribution in [0.1, 0.15) is 67.1 Å². The van der Waals surface area contributed by atoms with Crippen LogP contribution in [0, 0.1) is 0 Å². The highest BCUT2D eigenvalue weighted by Gasteiger charge is 2.19. The van der Waals surface area contributed by atoms with E-state index in [1.165, 1.54) is 11.1 Å². The summed E-state index contributed by atoms with van der Waals surface area (Å²) in [6.45, 7) is 8.73. The van der Waals surface area contributed by atoms with Crippen molar-refractivity contribution in [2.24, 2.45) is 0 Å². The fraction of sp³-hybridized carbons (Fsp3) is 0.440. The SMILES string of the molecule is CC(C)(C)c1ccc(CCC(=O)NCc2cccc(C(=O)N3CCCC3)c2)cc1. The summed E-state index contributed by atoms with van der Waals surface area (Å²) in [6, 6.07) is 16.1. The first-order chi connectivity index (χ1) is 13.8. The standard InChI is InChI=1S/C25H32N2O2/c1-25(2,3)22-12-9-19(10-13-22)11-14-23(28)26-18-20-7-6-8-21(17-20)24(29)27-15-4-5-16-27/h6-10,12-13,17H,4-5,11,14-16,18H2,1-3H3,(H,26,28). The second-order valence-electron chi connectivity index (χ2n) is 8.92. The highest BCUT2D eigenvalue weighted by molar-refractivity contribution is 5.94. The Balaban J connectivity index is 1.48. The second kappa shape index (κ2) is 9.25. The van der Waals surface area contributed by atoms with E-state index in [1.54, 1.807) is 0 Å². The van der Waals surface area contributed by atoms with Crippen LogP contribution < -0.4 is 5.32 Å². The number of amides is 2. The van der Waals surface area contributed by atoms with Gasteiger partial charge >= 0.3 is 0 Å². The molecule has 2 aromatic carbocycles. The number of nitrogens with one attached hydrogen (secondary N) is 1. The first-order valence-corrected chi connectivity index (χ1v) is 10.6. The second-order valence-corrected chi connectivity index (χ2v) is 8.92. The summed E-state index contributed by atoms with van der Waals surface area (Å²) < 4.78 is 0. The normalized spacial score (nSPS) is 14.1. The molecule has 29 heavy (non-hydrogen) atoms. The molecule has 0 bridgehead atoms. The summed E-state index contributed by atoms with van der Waals surface area (Å²) in [4.78, 5) is 26.7. The van der Waals surface area contributed by atoms with Gasteiger partial charge in [-0.25, -0.2) is 0 Å². The molecular weight excluding hydrogens is 360 g/mol. The van der Waals surface area contributed by atoms with E-state index in [9.17, 15) is 9.59 Å². The van der Waals surface area contributed by atoms with Gasteiger partial charge in [-0.3, -0.25) is 9.59 Å². The van der Waals surface area contributed by atoms with E-state index in [0.717, 1.165) is 37.9 Å². The molecule has 1 fully saturated rings. The lowest BCUT2D eigenvalue weighted by Crippen LogP contribution is -2.28. The van der Waals surface area contributed by atoms with Gasteiger partial charge in [0, 0.05) is 31.6 Å². The van der Waals surface area contributed by atoms with Crippen LogP contribution in [0.5, 0.6) is 0 Å². The van der Waals surface area contributed by atoms with E-state index >= 15 is 0 Å². The number of likely N-dealkylation sites (tertiary alicyclic amines) is 1. The maximum Gasteiger partial charge on any atom is 0.253 e. The number of aryl methyl sites for hydroxylation is 1.